The van der Waals surface area contributed by atoms with Crippen LogP contribution >= 0.6 is 23.4 Å². The van der Waals surface area contributed by atoms with Gasteiger partial charge in [0, 0.05) is 16.5 Å². The quantitative estimate of drug-likeness (QED) is 0.629. The topological polar surface area (TPSA) is 85.8 Å². The molecule has 3 aromatic rings. The highest BCUT2D eigenvalue weighted by Crippen LogP contribution is 2.26. The van der Waals surface area contributed by atoms with Crippen LogP contribution in [-0.2, 0) is 17.1 Å². The van der Waals surface area contributed by atoms with E-state index < -0.39 is 0 Å². The minimum atomic E-state index is -0.194. The number of nitrogens with zero attached hydrogens (tertiary/aromatic N) is 3. The van der Waals surface area contributed by atoms with Crippen molar-refractivity contribution < 1.29 is 4.79 Å². The Bertz CT molecular complexity index is 910. The number of benzene rings is 2. The summed E-state index contributed by atoms with van der Waals surface area (Å²) in [5.41, 5.74) is 8.72. The summed E-state index contributed by atoms with van der Waals surface area (Å²) in [5.74, 6) is 0.614. The number of halogens is 1. The summed E-state index contributed by atoms with van der Waals surface area (Å²) in [6.45, 7) is 2.03. The maximum atomic E-state index is 12.3. The van der Waals surface area contributed by atoms with Crippen molar-refractivity contribution in [3.05, 3.63) is 64.7 Å². The van der Waals surface area contributed by atoms with Crippen LogP contribution in [0.25, 0.3) is 0 Å². The van der Waals surface area contributed by atoms with Crippen LogP contribution in [0.5, 0.6) is 0 Å². The molecule has 26 heavy (non-hydrogen) atoms. The van der Waals surface area contributed by atoms with E-state index in [0.29, 0.717) is 15.9 Å². The number of hydrogen-bond donors (Lipinski definition) is 2. The molecule has 8 heteroatoms. The second-order valence-corrected chi connectivity index (χ2v) is 7.07. The van der Waals surface area contributed by atoms with Gasteiger partial charge in [0.15, 0.2) is 5.16 Å². The van der Waals surface area contributed by atoms with Crippen LogP contribution in [0.2, 0.25) is 5.02 Å². The van der Waals surface area contributed by atoms with Crippen molar-refractivity contribution in [1.82, 2.24) is 14.8 Å². The number of nitrogens with two attached hydrogens (primary N) is 1. The molecular formula is C18H18ClN5OS. The summed E-state index contributed by atoms with van der Waals surface area (Å²) < 4.78 is 1.59. The van der Waals surface area contributed by atoms with Crippen molar-refractivity contribution in [2.75, 3.05) is 11.1 Å². The number of rotatable bonds is 6. The SMILES string of the molecule is Cc1ccc(NC(=O)Cn2c(N)nnc2SCc2ccccc2Cl)cc1. The van der Waals surface area contributed by atoms with E-state index in [0.717, 1.165) is 16.8 Å². The van der Waals surface area contributed by atoms with E-state index in [4.69, 9.17) is 17.3 Å². The molecule has 0 saturated heterocycles. The van der Waals surface area contributed by atoms with E-state index in [1.807, 2.05) is 55.5 Å². The molecule has 1 aromatic heterocycles. The fourth-order valence-electron chi connectivity index (χ4n) is 2.29. The smallest absolute Gasteiger partial charge is 0.244 e. The van der Waals surface area contributed by atoms with Gasteiger partial charge in [-0.05, 0) is 30.7 Å². The van der Waals surface area contributed by atoms with Crippen LogP contribution in [0.15, 0.2) is 53.7 Å². The first-order chi connectivity index (χ1) is 12.5. The number of thioether (sulfide) groups is 1. The third kappa shape index (κ3) is 4.56. The fraction of sp³-hybridized carbons (Fsp3) is 0.167. The number of carbonyl (C=O) groups excluding carboxylic acids is 1. The van der Waals surface area contributed by atoms with Gasteiger partial charge < -0.3 is 11.1 Å². The van der Waals surface area contributed by atoms with E-state index in [2.05, 4.69) is 15.5 Å². The van der Waals surface area contributed by atoms with E-state index in [9.17, 15) is 4.79 Å². The Morgan fingerprint density at radius 1 is 1.19 bits per heavy atom. The highest BCUT2D eigenvalue weighted by atomic mass is 35.5. The molecule has 1 heterocycles. The Morgan fingerprint density at radius 2 is 1.92 bits per heavy atom. The zero-order chi connectivity index (χ0) is 18.5. The summed E-state index contributed by atoms with van der Waals surface area (Å²) >= 11 is 7.61. The van der Waals surface area contributed by atoms with Crippen LogP contribution in [0.1, 0.15) is 11.1 Å². The Morgan fingerprint density at radius 3 is 2.65 bits per heavy atom. The van der Waals surface area contributed by atoms with Gasteiger partial charge in [0.25, 0.3) is 0 Å². The van der Waals surface area contributed by atoms with Crippen molar-refractivity contribution in [2.45, 2.75) is 24.4 Å². The standard InChI is InChI=1S/C18H18ClN5OS/c1-12-6-8-14(9-7-12)21-16(25)10-24-17(20)22-23-18(24)26-11-13-4-2-3-5-15(13)19/h2-9H,10-11H2,1H3,(H2,20,22)(H,21,25). The highest BCUT2D eigenvalue weighted by Gasteiger charge is 2.14. The van der Waals surface area contributed by atoms with Gasteiger partial charge in [-0.2, -0.15) is 0 Å². The van der Waals surface area contributed by atoms with Gasteiger partial charge in [0.05, 0.1) is 0 Å². The minimum Gasteiger partial charge on any atom is -0.368 e. The van der Waals surface area contributed by atoms with Crippen molar-refractivity contribution >= 4 is 40.9 Å². The van der Waals surface area contributed by atoms with Crippen molar-refractivity contribution in [2.24, 2.45) is 0 Å². The van der Waals surface area contributed by atoms with Gasteiger partial charge in [-0.25, -0.2) is 0 Å². The normalized spacial score (nSPS) is 10.7. The number of nitrogens with one attached hydrogen (secondary N) is 1. The predicted molar refractivity (Wildman–Crippen MR) is 105 cm³/mol. The van der Waals surface area contributed by atoms with Gasteiger partial charge in [-0.1, -0.05) is 59.3 Å². The molecule has 0 fully saturated rings. The second kappa shape index (κ2) is 8.25. The van der Waals surface area contributed by atoms with Gasteiger partial charge in [0.2, 0.25) is 11.9 Å². The third-order valence-corrected chi connectivity index (χ3v) is 5.08. The third-order valence-electron chi connectivity index (χ3n) is 3.70. The van der Waals surface area contributed by atoms with Gasteiger partial charge >= 0.3 is 0 Å². The second-order valence-electron chi connectivity index (χ2n) is 5.72. The van der Waals surface area contributed by atoms with Crippen molar-refractivity contribution in [1.29, 1.82) is 0 Å². The molecule has 3 rings (SSSR count). The molecule has 2 aromatic carbocycles. The molecule has 0 aliphatic heterocycles. The molecular weight excluding hydrogens is 370 g/mol. The Labute approximate surface area is 160 Å². The van der Waals surface area contributed by atoms with Gasteiger partial charge in [-0.3, -0.25) is 9.36 Å². The maximum Gasteiger partial charge on any atom is 0.244 e. The lowest BCUT2D eigenvalue weighted by atomic mass is 10.2. The molecule has 0 spiro atoms. The van der Waals surface area contributed by atoms with E-state index in [-0.39, 0.29) is 18.4 Å². The first-order valence-electron chi connectivity index (χ1n) is 7.94. The average molecular weight is 388 g/mol. The number of aryl methyl sites for hydroxylation is 1. The predicted octanol–water partition coefficient (Wildman–Crippen LogP) is 3.75. The fourth-order valence-corrected chi connectivity index (χ4v) is 3.52. The molecule has 0 aliphatic rings. The monoisotopic (exact) mass is 387 g/mol. The molecule has 0 bridgehead atoms. The molecule has 0 saturated carbocycles. The number of amides is 1. The Hall–Kier alpha value is -2.51. The van der Waals surface area contributed by atoms with E-state index >= 15 is 0 Å². The van der Waals surface area contributed by atoms with Gasteiger partial charge in [-0.15, -0.1) is 10.2 Å². The number of nitrogen functional groups attached to an aromatic ring is 1. The van der Waals surface area contributed by atoms with Crippen LogP contribution in [0.4, 0.5) is 11.6 Å². The van der Waals surface area contributed by atoms with Crippen LogP contribution in [0, 0.1) is 6.92 Å². The molecule has 134 valence electrons. The van der Waals surface area contributed by atoms with Crippen LogP contribution in [0.3, 0.4) is 0 Å². The van der Waals surface area contributed by atoms with E-state index in [1.165, 1.54) is 11.8 Å². The molecule has 0 atom stereocenters. The zero-order valence-corrected chi connectivity index (χ0v) is 15.7. The first-order valence-corrected chi connectivity index (χ1v) is 9.30. The molecule has 1 amide bonds. The lowest BCUT2D eigenvalue weighted by molar-refractivity contribution is -0.116. The number of carbonyl (C=O) groups is 1. The zero-order valence-electron chi connectivity index (χ0n) is 14.1. The highest BCUT2D eigenvalue weighted by molar-refractivity contribution is 7.98. The molecule has 3 N–H and O–H groups in total. The molecule has 0 unspecified atom stereocenters. The van der Waals surface area contributed by atoms with Crippen LogP contribution < -0.4 is 11.1 Å². The first kappa shape index (κ1) is 18.3. The molecule has 6 nitrogen and oxygen atoms in total. The minimum absolute atomic E-state index is 0.0393. The maximum absolute atomic E-state index is 12.3. The summed E-state index contributed by atoms with van der Waals surface area (Å²) in [6.07, 6.45) is 0. The van der Waals surface area contributed by atoms with Gasteiger partial charge in [0.1, 0.15) is 6.54 Å². The van der Waals surface area contributed by atoms with Crippen molar-refractivity contribution in [3.63, 3.8) is 0 Å². The number of aromatic nitrogens is 3. The summed E-state index contributed by atoms with van der Waals surface area (Å²) in [4.78, 5) is 12.3. The lowest BCUT2D eigenvalue weighted by Crippen LogP contribution is -2.20. The van der Waals surface area contributed by atoms with Crippen LogP contribution in [-0.4, -0.2) is 20.7 Å². The Kier molecular flexibility index (Phi) is 5.80. The molecule has 0 aliphatic carbocycles. The summed E-state index contributed by atoms with van der Waals surface area (Å²) in [6, 6.07) is 15.2. The van der Waals surface area contributed by atoms with E-state index in [1.54, 1.807) is 4.57 Å². The average Bonchev–Trinajstić information content (AvgIpc) is 2.96. The Balaban J connectivity index is 1.66. The summed E-state index contributed by atoms with van der Waals surface area (Å²) in [7, 11) is 0. The number of hydrogen-bond acceptors (Lipinski definition) is 5. The number of anilines is 2. The summed E-state index contributed by atoms with van der Waals surface area (Å²) in [5, 5.41) is 12.0. The lowest BCUT2D eigenvalue weighted by Gasteiger charge is -2.09. The van der Waals surface area contributed by atoms with Crippen molar-refractivity contribution in [3.8, 4) is 0 Å². The largest absolute Gasteiger partial charge is 0.368 e. The molecule has 0 radical (unpaired) electrons.